The zero-order valence-corrected chi connectivity index (χ0v) is 13.9. The van der Waals surface area contributed by atoms with Crippen molar-refractivity contribution in [3.8, 4) is 17.2 Å². The highest BCUT2D eigenvalue weighted by molar-refractivity contribution is 7.91. The van der Waals surface area contributed by atoms with E-state index in [0.29, 0.717) is 12.0 Å². The number of Topliss-reactive ketones (excluding diaryl/α,β-unsaturated/α-hetero) is 1. The van der Waals surface area contributed by atoms with Crippen LogP contribution < -0.4 is 0 Å². The molecule has 0 atom stereocenters. The van der Waals surface area contributed by atoms with Crippen molar-refractivity contribution in [3.05, 3.63) is 47.5 Å². The summed E-state index contributed by atoms with van der Waals surface area (Å²) in [5.41, 5.74) is 0.330. The minimum absolute atomic E-state index is 0.0248. The van der Waals surface area contributed by atoms with Gasteiger partial charge < -0.3 is 15.3 Å². The van der Waals surface area contributed by atoms with Gasteiger partial charge in [-0.1, -0.05) is 19.1 Å². The molecule has 0 unspecified atom stereocenters. The summed E-state index contributed by atoms with van der Waals surface area (Å²) in [4.78, 5) is 12.4. The highest BCUT2D eigenvalue weighted by Crippen LogP contribution is 2.37. The molecule has 2 aromatic carbocycles. The normalized spacial score (nSPS) is 11.4. The lowest BCUT2D eigenvalue weighted by atomic mass is 10.0. The Morgan fingerprint density at radius 2 is 1.75 bits per heavy atom. The van der Waals surface area contributed by atoms with E-state index in [2.05, 4.69) is 0 Å². The van der Waals surface area contributed by atoms with Gasteiger partial charge in [-0.3, -0.25) is 4.79 Å². The van der Waals surface area contributed by atoms with Gasteiger partial charge in [0.1, 0.15) is 0 Å². The second-order valence-corrected chi connectivity index (χ2v) is 7.50. The Morgan fingerprint density at radius 3 is 2.42 bits per heavy atom. The molecule has 0 aromatic heterocycles. The van der Waals surface area contributed by atoms with Crippen LogP contribution in [0.2, 0.25) is 0 Å². The summed E-state index contributed by atoms with van der Waals surface area (Å²) in [6.45, 7) is 1.77. The summed E-state index contributed by atoms with van der Waals surface area (Å²) in [6, 6.07) is 8.37. The SMILES string of the molecule is CCCS(=O)(=O)c1cccc(CC(=O)c2ccc(O)c(O)c2O)c1. The predicted octanol–water partition coefficient (Wildman–Crippen LogP) is 2.41. The molecule has 128 valence electrons. The molecule has 7 heteroatoms. The Morgan fingerprint density at radius 1 is 1.04 bits per heavy atom. The van der Waals surface area contributed by atoms with E-state index in [1.165, 1.54) is 18.2 Å². The molecule has 24 heavy (non-hydrogen) atoms. The molecule has 0 radical (unpaired) electrons. The second kappa shape index (κ2) is 6.92. The third-order valence-corrected chi connectivity index (χ3v) is 5.44. The maximum atomic E-state index is 12.3. The smallest absolute Gasteiger partial charge is 0.201 e. The van der Waals surface area contributed by atoms with Gasteiger partial charge in [0.2, 0.25) is 5.75 Å². The maximum Gasteiger partial charge on any atom is 0.201 e. The third kappa shape index (κ3) is 3.68. The lowest BCUT2D eigenvalue weighted by Gasteiger charge is -2.08. The summed E-state index contributed by atoms with van der Waals surface area (Å²) >= 11 is 0. The molecule has 0 bridgehead atoms. The van der Waals surface area contributed by atoms with Crippen molar-refractivity contribution < 1.29 is 28.5 Å². The summed E-state index contributed by atoms with van der Waals surface area (Å²) in [5.74, 6) is -2.48. The number of ketones is 1. The van der Waals surface area contributed by atoms with E-state index in [1.54, 1.807) is 19.1 Å². The van der Waals surface area contributed by atoms with Crippen LogP contribution in [0.15, 0.2) is 41.3 Å². The molecule has 0 spiro atoms. The average molecular weight is 350 g/mol. The van der Waals surface area contributed by atoms with Gasteiger partial charge in [0.05, 0.1) is 16.2 Å². The summed E-state index contributed by atoms with van der Waals surface area (Å²) in [6.07, 6.45) is 0.347. The zero-order chi connectivity index (χ0) is 17.9. The number of phenols is 3. The van der Waals surface area contributed by atoms with E-state index in [4.69, 9.17) is 0 Å². The molecule has 2 aromatic rings. The summed E-state index contributed by atoms with van der Waals surface area (Å²) in [5, 5.41) is 28.5. The number of benzene rings is 2. The number of aromatic hydroxyl groups is 3. The van der Waals surface area contributed by atoms with Crippen molar-refractivity contribution >= 4 is 15.6 Å². The van der Waals surface area contributed by atoms with Crippen LogP contribution in [-0.2, 0) is 16.3 Å². The van der Waals surface area contributed by atoms with E-state index in [0.717, 1.165) is 6.07 Å². The highest BCUT2D eigenvalue weighted by Gasteiger charge is 2.19. The van der Waals surface area contributed by atoms with Gasteiger partial charge >= 0.3 is 0 Å². The van der Waals surface area contributed by atoms with Crippen molar-refractivity contribution in [2.45, 2.75) is 24.7 Å². The van der Waals surface area contributed by atoms with Crippen molar-refractivity contribution in [1.82, 2.24) is 0 Å². The fourth-order valence-electron chi connectivity index (χ4n) is 2.31. The number of hydrogen-bond acceptors (Lipinski definition) is 6. The van der Waals surface area contributed by atoms with Crippen LogP contribution in [0.1, 0.15) is 29.3 Å². The van der Waals surface area contributed by atoms with Gasteiger partial charge in [-0.2, -0.15) is 0 Å². The molecule has 0 aliphatic heterocycles. The molecule has 0 aliphatic rings. The highest BCUT2D eigenvalue weighted by atomic mass is 32.2. The molecule has 0 saturated carbocycles. The number of rotatable bonds is 6. The Labute approximate surface area is 139 Å². The van der Waals surface area contributed by atoms with Crippen molar-refractivity contribution in [2.75, 3.05) is 5.75 Å². The van der Waals surface area contributed by atoms with Crippen LogP contribution in [-0.4, -0.2) is 35.3 Å². The standard InChI is InChI=1S/C17H18O6S/c1-2-8-24(22,23)12-5-3-4-11(9-12)10-15(19)13-6-7-14(18)17(21)16(13)20/h3-7,9,18,20-21H,2,8,10H2,1H3. The van der Waals surface area contributed by atoms with Crippen LogP contribution >= 0.6 is 0 Å². The largest absolute Gasteiger partial charge is 0.504 e. The van der Waals surface area contributed by atoms with Gasteiger partial charge in [0.15, 0.2) is 27.1 Å². The van der Waals surface area contributed by atoms with Gasteiger partial charge in [0, 0.05) is 6.42 Å². The third-order valence-electron chi connectivity index (χ3n) is 3.53. The number of carbonyl (C=O) groups excluding carboxylic acids is 1. The molecular formula is C17H18O6S. The van der Waals surface area contributed by atoms with Crippen molar-refractivity contribution in [2.24, 2.45) is 0 Å². The molecule has 0 saturated heterocycles. The molecule has 0 aliphatic carbocycles. The van der Waals surface area contributed by atoms with Gasteiger partial charge in [0.25, 0.3) is 0 Å². The van der Waals surface area contributed by atoms with E-state index >= 15 is 0 Å². The molecular weight excluding hydrogens is 332 g/mol. The van der Waals surface area contributed by atoms with Crippen molar-refractivity contribution in [3.63, 3.8) is 0 Å². The van der Waals surface area contributed by atoms with Crippen LogP contribution in [0, 0.1) is 0 Å². The quantitative estimate of drug-likeness (QED) is 0.545. The van der Waals surface area contributed by atoms with Crippen LogP contribution in [0.3, 0.4) is 0 Å². The number of carbonyl (C=O) groups is 1. The first kappa shape index (κ1) is 17.8. The predicted molar refractivity (Wildman–Crippen MR) is 88.3 cm³/mol. The second-order valence-electron chi connectivity index (χ2n) is 5.40. The lowest BCUT2D eigenvalue weighted by Crippen LogP contribution is -2.08. The minimum Gasteiger partial charge on any atom is -0.504 e. The van der Waals surface area contributed by atoms with Crippen LogP contribution in [0.25, 0.3) is 0 Å². The molecule has 0 fully saturated rings. The fraction of sp³-hybridized carbons (Fsp3) is 0.235. The Bertz CT molecular complexity index is 871. The number of phenolic OH excluding ortho intramolecular Hbond substituents is 3. The average Bonchev–Trinajstić information content (AvgIpc) is 2.53. The molecule has 0 heterocycles. The summed E-state index contributed by atoms with van der Waals surface area (Å²) in [7, 11) is -3.39. The van der Waals surface area contributed by atoms with E-state index in [-0.39, 0.29) is 22.6 Å². The fourth-order valence-corrected chi connectivity index (χ4v) is 3.70. The number of sulfone groups is 1. The minimum atomic E-state index is -3.39. The Hall–Kier alpha value is -2.54. The first-order valence-electron chi connectivity index (χ1n) is 7.35. The first-order chi connectivity index (χ1) is 11.3. The Balaban J connectivity index is 2.29. The van der Waals surface area contributed by atoms with E-state index in [9.17, 15) is 28.5 Å². The van der Waals surface area contributed by atoms with Gasteiger partial charge in [-0.05, 0) is 36.2 Å². The lowest BCUT2D eigenvalue weighted by molar-refractivity contribution is 0.0989. The number of hydrogen-bond donors (Lipinski definition) is 3. The van der Waals surface area contributed by atoms with Gasteiger partial charge in [-0.15, -0.1) is 0 Å². The van der Waals surface area contributed by atoms with Crippen LogP contribution in [0.5, 0.6) is 17.2 Å². The van der Waals surface area contributed by atoms with Gasteiger partial charge in [-0.25, -0.2) is 8.42 Å². The maximum absolute atomic E-state index is 12.3. The monoisotopic (exact) mass is 350 g/mol. The molecule has 3 N–H and O–H groups in total. The topological polar surface area (TPSA) is 112 Å². The van der Waals surface area contributed by atoms with Crippen molar-refractivity contribution in [1.29, 1.82) is 0 Å². The van der Waals surface area contributed by atoms with E-state index < -0.39 is 32.9 Å². The van der Waals surface area contributed by atoms with Crippen LogP contribution in [0.4, 0.5) is 0 Å². The molecule has 2 rings (SSSR count). The molecule has 6 nitrogen and oxygen atoms in total. The Kier molecular flexibility index (Phi) is 5.14. The zero-order valence-electron chi connectivity index (χ0n) is 13.1. The first-order valence-corrected chi connectivity index (χ1v) is 9.00. The summed E-state index contributed by atoms with van der Waals surface area (Å²) < 4.78 is 24.2. The molecule has 0 amide bonds. The van der Waals surface area contributed by atoms with E-state index in [1.807, 2.05) is 0 Å².